The number of rotatable bonds is 2. The zero-order valence-corrected chi connectivity index (χ0v) is 134. The van der Waals surface area contributed by atoms with E-state index < -0.39 is 0 Å². The van der Waals surface area contributed by atoms with Crippen molar-refractivity contribution in [3.63, 3.8) is 0 Å². The Morgan fingerprint density at radius 3 is 0.623 bits per heavy atom. The molecule has 0 aromatic heterocycles. The van der Waals surface area contributed by atoms with Gasteiger partial charge in [-0.15, -0.1) is 34.4 Å². The zero-order chi connectivity index (χ0) is 65.0. The Morgan fingerprint density at radius 2 is 0.406 bits per heavy atom. The molecule has 0 fully saturated rings. The summed E-state index contributed by atoms with van der Waals surface area (Å²) in [6.07, 6.45) is 0. The molecule has 0 saturated carbocycles. The van der Waals surface area contributed by atoms with Crippen molar-refractivity contribution in [2.75, 3.05) is 0 Å². The van der Waals surface area contributed by atoms with Gasteiger partial charge in [0.15, 0.2) is 0 Å². The predicted molar refractivity (Wildman–Crippen MR) is 388 cm³/mol. The minimum Gasteiger partial charge on any atom is -0.226 e. The second kappa shape index (κ2) is 140. The Kier molecular flexibility index (Phi) is 257. The van der Waals surface area contributed by atoms with Crippen LogP contribution in [-0.4, -0.2) is 0 Å². The molecule has 0 atom stereocenters. The Morgan fingerprint density at radius 1 is 0.170 bits per heavy atom. The van der Waals surface area contributed by atoms with Gasteiger partial charge >= 0.3 is 0 Å². The van der Waals surface area contributed by atoms with Gasteiger partial charge in [-0.2, -0.15) is 84.9 Å². The van der Waals surface area contributed by atoms with E-state index in [9.17, 15) is 0 Å². The second-order valence-corrected chi connectivity index (χ2v) is 18.0. The van der Waals surface area contributed by atoms with Crippen molar-refractivity contribution in [2.24, 2.45) is 0 Å². The molecule has 10 rings (SSSR count). The molecule has 10 aromatic rings. The average Bonchev–Trinajstić information content (AvgIpc) is 0.840. The summed E-state index contributed by atoms with van der Waals surface area (Å²) in [4.78, 5) is 0. The Hall–Kier alpha value is 17.0. The summed E-state index contributed by atoms with van der Waals surface area (Å²) in [6, 6.07) is 80.4. The SMILES string of the molecule is CC.CC.CC.CC.CC.CC.CC.CC.Cc1c[c-]c(-c2[c-]cc(C)cc2)cc1.Cc1cc[c-]c(-c2[c-]ccc(C)c2)c1.Cc1ccc(C)c2ccccc12.Cc1ccc2cc(C)ccc2c1.Cc1cccc(C)c1.Cc1ccccc1C.[Y].[Y].[Y].[Y].[Y].[Y].[Y].[Y].[Y].[Y].[Y].[Y].[Y].[Y].[Y].[Y].[Y].[Y].[Y].[Y].[Y].[Y]. The third kappa shape index (κ3) is 100. The summed E-state index contributed by atoms with van der Waals surface area (Å²) in [5, 5.41) is 5.41. The summed E-state index contributed by atoms with van der Waals surface area (Å²) < 4.78 is 0. The minimum absolute atomic E-state index is 0. The van der Waals surface area contributed by atoms with Gasteiger partial charge in [0.05, 0.1) is 0 Å². The molecule has 22 heteroatoms. The fraction of sp³-hybridized carbons (Fsp3) is 0.333. The van der Waals surface area contributed by atoms with Gasteiger partial charge in [0.2, 0.25) is 0 Å². The van der Waals surface area contributed by atoms with Crippen LogP contribution in [0.3, 0.4) is 0 Å². The normalized spacial score (nSPS) is 6.91. The minimum atomic E-state index is 0. The summed E-state index contributed by atoms with van der Waals surface area (Å²) >= 11 is 0. The molecule has 0 aliphatic rings. The largest absolute Gasteiger partial charge is 0.226 e. The molecule has 0 bridgehead atoms. The van der Waals surface area contributed by atoms with Gasteiger partial charge in [-0.05, 0) is 99.2 Å². The standard InChI is InChI=1S/2C14H12.2C12H12.2C8H10.8C2H6.22Y/c1-11-3-7-13(8-4-11)14-9-5-12(2)6-10-14;1-11-5-3-7-13(9-11)14-8-4-6-12(2)10-14;1-9-3-5-12-8-10(2)4-6-11(12)7-9;1-9-7-8-10(2)12-6-4-3-5-11(9)12;1-7-4-3-5-8(2)6-7;1-7-5-3-4-6-8(7)2;8*1-2;;;;;;;;;;;;;;;;;;;;;;/h3-7,9H,1-2H3;3-6,9-10H,1-2H3;2*3-8H,1-2H3;2*3-6H,1-2H3;8*1-2H3;;;;;;;;;;;;;;;;;;;;;;/q2*-2;;;;;;;;;;;;;;;;;;;;;;;;;;;;;;;;;;. The first-order valence-electron chi connectivity index (χ1n) is 31.6. The van der Waals surface area contributed by atoms with Crippen molar-refractivity contribution in [1.82, 2.24) is 0 Å². The molecular formula is C84H116Y22-4. The van der Waals surface area contributed by atoms with Gasteiger partial charge in [0.1, 0.15) is 0 Å². The first kappa shape index (κ1) is 195. The van der Waals surface area contributed by atoms with Crippen molar-refractivity contribution in [3.8, 4) is 22.3 Å². The monoisotopic (exact) mass is 3080 g/mol. The molecule has 106 heavy (non-hydrogen) atoms. The van der Waals surface area contributed by atoms with Gasteiger partial charge in [0, 0.05) is 720 Å². The number of hydrogen-bond donors (Lipinski definition) is 0. The summed E-state index contributed by atoms with van der Waals surface area (Å²) in [5.41, 5.74) is 20.2. The van der Waals surface area contributed by atoms with Crippen LogP contribution in [0.15, 0.2) is 194 Å². The maximum Gasteiger partial charge on any atom is 0 e. The summed E-state index contributed by atoms with van der Waals surface area (Å²) in [5.74, 6) is 0. The smallest absolute Gasteiger partial charge is 0 e. The predicted octanol–water partition coefficient (Wildman–Crippen LogP) is 26.8. The molecule has 0 aliphatic heterocycles. The number of aryl methyl sites for hydroxylation is 12. The van der Waals surface area contributed by atoms with Crippen LogP contribution in [-0.2, 0) is 720 Å². The Balaban J connectivity index is -0.0000000281. The van der Waals surface area contributed by atoms with Crippen LogP contribution < -0.4 is 0 Å². The van der Waals surface area contributed by atoms with Crippen LogP contribution in [0.25, 0.3) is 43.8 Å². The second-order valence-electron chi connectivity index (χ2n) is 18.0. The maximum atomic E-state index is 3.24. The first-order chi connectivity index (χ1) is 40.6. The maximum absolute atomic E-state index is 3.24. The third-order valence-electron chi connectivity index (χ3n) is 11.5. The van der Waals surface area contributed by atoms with Gasteiger partial charge in [-0.3, -0.25) is 0 Å². The number of fused-ring (bicyclic) bond motifs is 2. The van der Waals surface area contributed by atoms with E-state index in [4.69, 9.17) is 0 Å². The van der Waals surface area contributed by atoms with E-state index in [-0.39, 0.29) is 720 Å². The topological polar surface area (TPSA) is 0 Å². The van der Waals surface area contributed by atoms with E-state index >= 15 is 0 Å². The summed E-state index contributed by atoms with van der Waals surface area (Å²) in [6.45, 7) is 57.3. The van der Waals surface area contributed by atoms with Crippen LogP contribution in [0, 0.1) is 107 Å². The fourth-order valence-electron chi connectivity index (χ4n) is 7.37. The quantitative estimate of drug-likeness (QED) is 0.151. The molecule has 10 aromatic carbocycles. The fourth-order valence-corrected chi connectivity index (χ4v) is 7.37. The van der Waals surface area contributed by atoms with Gasteiger partial charge < -0.3 is 0 Å². The molecule has 522 valence electrons. The molecule has 0 saturated heterocycles. The van der Waals surface area contributed by atoms with E-state index in [0.29, 0.717) is 0 Å². The van der Waals surface area contributed by atoms with Gasteiger partial charge in [-0.1, -0.05) is 282 Å². The number of benzene rings is 10. The molecule has 0 aliphatic carbocycles. The third-order valence-corrected chi connectivity index (χ3v) is 11.5. The zero-order valence-electron chi connectivity index (χ0n) is 71.2. The van der Waals surface area contributed by atoms with Crippen molar-refractivity contribution in [3.05, 3.63) is 285 Å². The molecule has 0 nitrogen and oxygen atoms in total. The average molecular weight is 3080 g/mol. The van der Waals surface area contributed by atoms with E-state index in [1.54, 1.807) is 0 Å². The van der Waals surface area contributed by atoms with Crippen LogP contribution in [0.2, 0.25) is 0 Å². The number of hydrogen-bond acceptors (Lipinski definition) is 0. The molecule has 0 unspecified atom stereocenters. The van der Waals surface area contributed by atoms with E-state index in [1.165, 1.54) is 88.3 Å². The molecule has 0 heterocycles. The Bertz CT molecular complexity index is 2980. The first-order valence-corrected chi connectivity index (χ1v) is 31.6. The van der Waals surface area contributed by atoms with Crippen molar-refractivity contribution in [2.45, 2.75) is 194 Å². The van der Waals surface area contributed by atoms with Gasteiger partial charge in [0.25, 0.3) is 0 Å². The van der Waals surface area contributed by atoms with Crippen molar-refractivity contribution >= 4 is 21.5 Å². The van der Waals surface area contributed by atoms with Crippen molar-refractivity contribution in [1.29, 1.82) is 0 Å². The Labute approximate surface area is 1210 Å². The van der Waals surface area contributed by atoms with Gasteiger partial charge in [-0.25, -0.2) is 22.3 Å². The van der Waals surface area contributed by atoms with E-state index in [0.717, 1.165) is 22.3 Å². The molecule has 0 amide bonds. The summed E-state index contributed by atoms with van der Waals surface area (Å²) in [7, 11) is 0. The van der Waals surface area contributed by atoms with Crippen LogP contribution in [0.5, 0.6) is 0 Å². The molecular weight excluding hydrogens is 2960 g/mol. The molecule has 0 spiro atoms. The van der Waals surface area contributed by atoms with E-state index in [1.807, 2.05) is 135 Å². The van der Waals surface area contributed by atoms with Crippen LogP contribution in [0.4, 0.5) is 0 Å². The van der Waals surface area contributed by atoms with Crippen molar-refractivity contribution < 1.29 is 720 Å². The van der Waals surface area contributed by atoms with E-state index in [2.05, 4.69) is 277 Å². The molecule has 22 radical (unpaired) electrons. The molecule has 0 N–H and O–H groups in total. The van der Waals surface area contributed by atoms with Crippen LogP contribution in [0.1, 0.15) is 178 Å². The van der Waals surface area contributed by atoms with Crippen LogP contribution >= 0.6 is 0 Å².